The molecule has 0 aliphatic heterocycles. The van der Waals surface area contributed by atoms with Gasteiger partial charge in [-0.3, -0.25) is 5.10 Å². The average Bonchev–Trinajstić information content (AvgIpc) is 3.16. The summed E-state index contributed by atoms with van der Waals surface area (Å²) >= 11 is 6.10. The molecule has 0 fully saturated rings. The van der Waals surface area contributed by atoms with Crippen LogP contribution in [0.3, 0.4) is 0 Å². The summed E-state index contributed by atoms with van der Waals surface area (Å²) in [6.45, 7) is -0.0578. The normalized spacial score (nSPS) is 11.4. The fraction of sp³-hybridized carbons (Fsp3) is 0.0952. The number of rotatable bonds is 5. The molecule has 0 unspecified atom stereocenters. The molecule has 0 saturated carbocycles. The highest BCUT2D eigenvalue weighted by Crippen LogP contribution is 2.39. The summed E-state index contributed by atoms with van der Waals surface area (Å²) in [7, 11) is 0. The van der Waals surface area contributed by atoms with E-state index in [4.69, 9.17) is 16.3 Å². The Hall–Kier alpha value is -3.84. The molecule has 0 atom stereocenters. The maximum Gasteiger partial charge on any atom is 0.573 e. The Labute approximate surface area is 183 Å². The first-order valence-electron chi connectivity index (χ1n) is 8.95. The SMILES string of the molecule is N#Cc1cc(-c2cc(OC(F)(F)F)ccc2F)c(OCc2[nH]nc3ncccc23)cc1Cl. The van der Waals surface area contributed by atoms with Crippen LogP contribution < -0.4 is 9.47 Å². The van der Waals surface area contributed by atoms with Crippen LogP contribution in [0.2, 0.25) is 5.02 Å². The highest BCUT2D eigenvalue weighted by Gasteiger charge is 2.31. The number of aromatic amines is 1. The number of ether oxygens (including phenoxy) is 2. The molecule has 2 aromatic heterocycles. The van der Waals surface area contributed by atoms with Crippen LogP contribution in [0.25, 0.3) is 22.2 Å². The quantitative estimate of drug-likeness (QED) is 0.381. The van der Waals surface area contributed by atoms with Gasteiger partial charge >= 0.3 is 6.36 Å². The number of aromatic nitrogens is 3. The predicted octanol–water partition coefficient (Wildman–Crippen LogP) is 5.77. The maximum absolute atomic E-state index is 14.6. The molecule has 0 aliphatic rings. The Morgan fingerprint density at radius 3 is 2.69 bits per heavy atom. The summed E-state index contributed by atoms with van der Waals surface area (Å²) in [4.78, 5) is 4.10. The Bertz CT molecular complexity index is 1350. The van der Waals surface area contributed by atoms with E-state index in [1.165, 1.54) is 12.1 Å². The number of nitrogens with zero attached hydrogens (tertiary/aromatic N) is 3. The van der Waals surface area contributed by atoms with Gasteiger partial charge in [0.2, 0.25) is 0 Å². The summed E-state index contributed by atoms with van der Waals surface area (Å²) in [5.41, 5.74) is 0.789. The zero-order valence-corrected chi connectivity index (χ0v) is 16.6. The zero-order valence-electron chi connectivity index (χ0n) is 15.9. The van der Waals surface area contributed by atoms with Crippen LogP contribution in [0.15, 0.2) is 48.7 Å². The van der Waals surface area contributed by atoms with E-state index in [0.29, 0.717) is 16.7 Å². The first kappa shape index (κ1) is 21.4. The van der Waals surface area contributed by atoms with E-state index in [0.717, 1.165) is 18.2 Å². The van der Waals surface area contributed by atoms with Crippen molar-refractivity contribution in [3.8, 4) is 28.7 Å². The molecule has 0 spiro atoms. The summed E-state index contributed by atoms with van der Waals surface area (Å²) in [5, 5.41) is 16.9. The van der Waals surface area contributed by atoms with E-state index in [-0.39, 0.29) is 34.1 Å². The molecule has 4 rings (SSSR count). The Morgan fingerprint density at radius 1 is 1.12 bits per heavy atom. The molecular formula is C21H11ClF4N4O2. The van der Waals surface area contributed by atoms with Crippen molar-refractivity contribution >= 4 is 22.6 Å². The molecule has 2 aromatic carbocycles. The lowest BCUT2D eigenvalue weighted by atomic mass is 10.0. The van der Waals surface area contributed by atoms with Crippen LogP contribution in [-0.4, -0.2) is 21.5 Å². The van der Waals surface area contributed by atoms with Crippen LogP contribution in [0, 0.1) is 17.1 Å². The summed E-state index contributed by atoms with van der Waals surface area (Å²) in [5.74, 6) is -1.42. The monoisotopic (exact) mass is 462 g/mol. The highest BCUT2D eigenvalue weighted by atomic mass is 35.5. The molecule has 11 heteroatoms. The number of alkyl halides is 3. The van der Waals surface area contributed by atoms with E-state index in [1.807, 2.05) is 6.07 Å². The second-order valence-corrected chi connectivity index (χ2v) is 6.90. The number of hydrogen-bond acceptors (Lipinski definition) is 5. The minimum atomic E-state index is -4.96. The van der Waals surface area contributed by atoms with E-state index in [2.05, 4.69) is 19.9 Å². The van der Waals surface area contributed by atoms with Crippen LogP contribution >= 0.6 is 11.6 Å². The highest BCUT2D eigenvalue weighted by molar-refractivity contribution is 6.32. The number of H-pyrrole nitrogens is 1. The Kier molecular flexibility index (Phi) is 5.59. The van der Waals surface area contributed by atoms with Gasteiger partial charge in [0.05, 0.1) is 16.3 Å². The van der Waals surface area contributed by atoms with Crippen molar-refractivity contribution in [1.82, 2.24) is 15.2 Å². The van der Waals surface area contributed by atoms with Crippen molar-refractivity contribution in [3.05, 3.63) is 70.8 Å². The minimum absolute atomic E-state index is 0.00764. The minimum Gasteiger partial charge on any atom is -0.487 e. The number of halogens is 5. The first-order chi connectivity index (χ1) is 15.2. The molecule has 6 nitrogen and oxygen atoms in total. The van der Waals surface area contributed by atoms with Gasteiger partial charge in [-0.2, -0.15) is 10.4 Å². The lowest BCUT2D eigenvalue weighted by Gasteiger charge is -2.15. The number of pyridine rings is 1. The van der Waals surface area contributed by atoms with Gasteiger partial charge in [-0.15, -0.1) is 13.2 Å². The first-order valence-corrected chi connectivity index (χ1v) is 9.33. The molecule has 4 aromatic rings. The number of nitrogens with one attached hydrogen (secondary N) is 1. The van der Waals surface area contributed by atoms with Gasteiger partial charge in [0.25, 0.3) is 0 Å². The van der Waals surface area contributed by atoms with E-state index in [9.17, 15) is 22.8 Å². The number of benzene rings is 2. The molecule has 32 heavy (non-hydrogen) atoms. The van der Waals surface area contributed by atoms with Gasteiger partial charge in [-0.05, 0) is 36.4 Å². The number of nitriles is 1. The third-order valence-electron chi connectivity index (χ3n) is 4.43. The second kappa shape index (κ2) is 8.36. The lowest BCUT2D eigenvalue weighted by Crippen LogP contribution is -2.17. The van der Waals surface area contributed by atoms with Gasteiger partial charge < -0.3 is 9.47 Å². The molecule has 0 saturated heterocycles. The van der Waals surface area contributed by atoms with Crippen molar-refractivity contribution in [2.45, 2.75) is 13.0 Å². The third kappa shape index (κ3) is 4.43. The zero-order chi connectivity index (χ0) is 22.9. The summed E-state index contributed by atoms with van der Waals surface area (Å²) < 4.78 is 62.1. The molecule has 162 valence electrons. The molecular weight excluding hydrogens is 452 g/mol. The number of fused-ring (bicyclic) bond motifs is 1. The molecule has 0 aliphatic carbocycles. The van der Waals surface area contributed by atoms with Crippen molar-refractivity contribution in [3.63, 3.8) is 0 Å². The third-order valence-corrected chi connectivity index (χ3v) is 4.74. The Morgan fingerprint density at radius 2 is 1.94 bits per heavy atom. The molecule has 0 radical (unpaired) electrons. The average molecular weight is 463 g/mol. The van der Waals surface area contributed by atoms with Gasteiger partial charge in [-0.25, -0.2) is 9.37 Å². The lowest BCUT2D eigenvalue weighted by molar-refractivity contribution is -0.274. The second-order valence-electron chi connectivity index (χ2n) is 6.49. The van der Waals surface area contributed by atoms with Crippen LogP contribution in [0.1, 0.15) is 11.3 Å². The molecule has 0 amide bonds. The molecule has 2 heterocycles. The van der Waals surface area contributed by atoms with E-state index >= 15 is 0 Å². The summed E-state index contributed by atoms with van der Waals surface area (Å²) in [6.07, 6.45) is -3.38. The van der Waals surface area contributed by atoms with Crippen LogP contribution in [0.5, 0.6) is 11.5 Å². The van der Waals surface area contributed by atoms with Gasteiger partial charge in [0.1, 0.15) is 30.0 Å². The molecule has 0 bridgehead atoms. The van der Waals surface area contributed by atoms with Crippen molar-refractivity contribution in [2.24, 2.45) is 0 Å². The van der Waals surface area contributed by atoms with Gasteiger partial charge in [0, 0.05) is 28.8 Å². The van der Waals surface area contributed by atoms with Crippen molar-refractivity contribution in [2.75, 3.05) is 0 Å². The van der Waals surface area contributed by atoms with E-state index in [1.54, 1.807) is 18.3 Å². The topological polar surface area (TPSA) is 83.8 Å². The largest absolute Gasteiger partial charge is 0.573 e. The van der Waals surface area contributed by atoms with Crippen LogP contribution in [-0.2, 0) is 6.61 Å². The van der Waals surface area contributed by atoms with Gasteiger partial charge in [0.15, 0.2) is 5.65 Å². The fourth-order valence-corrected chi connectivity index (χ4v) is 3.24. The summed E-state index contributed by atoms with van der Waals surface area (Å²) in [6, 6.07) is 10.4. The smallest absolute Gasteiger partial charge is 0.487 e. The number of hydrogen-bond donors (Lipinski definition) is 1. The van der Waals surface area contributed by atoms with Crippen molar-refractivity contribution < 1.29 is 27.0 Å². The van der Waals surface area contributed by atoms with Crippen LogP contribution in [0.4, 0.5) is 17.6 Å². The maximum atomic E-state index is 14.6. The fourth-order valence-electron chi connectivity index (χ4n) is 3.04. The standard InChI is InChI=1S/C21H11ClF4N4O2/c22-16-8-19(31-10-18-13-2-1-5-28-20(13)30-29-18)15(6-11(16)9-27)14-7-12(3-4-17(14)23)32-21(24,25)26/h1-8H,10H2,(H,28,29,30). The Balaban J connectivity index is 1.75. The van der Waals surface area contributed by atoms with Gasteiger partial charge in [-0.1, -0.05) is 11.6 Å². The van der Waals surface area contributed by atoms with Crippen molar-refractivity contribution in [1.29, 1.82) is 5.26 Å². The van der Waals surface area contributed by atoms with E-state index < -0.39 is 17.9 Å². The predicted molar refractivity (Wildman–Crippen MR) is 106 cm³/mol. The molecule has 1 N–H and O–H groups in total.